The highest BCUT2D eigenvalue weighted by atomic mass is 16.4. The Morgan fingerprint density at radius 2 is 2.16 bits per heavy atom. The Balaban J connectivity index is 2.76. The molecule has 5 heteroatoms. The third kappa shape index (κ3) is 4.28. The summed E-state index contributed by atoms with van der Waals surface area (Å²) in [6.07, 6.45) is 3.59. The van der Waals surface area contributed by atoms with Gasteiger partial charge < -0.3 is 15.8 Å². The summed E-state index contributed by atoms with van der Waals surface area (Å²) >= 11 is 0. The molecule has 0 unspecified atom stereocenters. The third-order valence-electron chi connectivity index (χ3n) is 3.01. The van der Waals surface area contributed by atoms with Crippen molar-refractivity contribution >= 4 is 17.4 Å². The number of carbonyl (C=O) groups excluding carboxylic acids is 1. The largest absolute Gasteiger partial charge is 0.409 e. The standard InChI is InChI=1S/C14H21N3O2/c1-3-4-5-9-13(18)17(2)12-8-6-7-11(10-12)14(15)16-19/h6-8,10,19H,3-5,9H2,1-2H3,(H2,15,16). The molecule has 19 heavy (non-hydrogen) atoms. The van der Waals surface area contributed by atoms with Crippen molar-refractivity contribution in [3.63, 3.8) is 0 Å². The van der Waals surface area contributed by atoms with E-state index in [1.54, 1.807) is 30.1 Å². The quantitative estimate of drug-likeness (QED) is 0.272. The molecule has 0 aliphatic heterocycles. The van der Waals surface area contributed by atoms with Crippen LogP contribution in [0.4, 0.5) is 5.69 Å². The molecule has 0 aromatic heterocycles. The first-order chi connectivity index (χ1) is 9.10. The first kappa shape index (κ1) is 15.0. The van der Waals surface area contributed by atoms with Gasteiger partial charge in [-0.15, -0.1) is 0 Å². The predicted molar refractivity (Wildman–Crippen MR) is 76.5 cm³/mol. The molecule has 3 N–H and O–H groups in total. The Bertz CT molecular complexity index is 458. The summed E-state index contributed by atoms with van der Waals surface area (Å²) in [6.45, 7) is 2.11. The predicted octanol–water partition coefficient (Wildman–Crippen LogP) is 2.32. The van der Waals surface area contributed by atoms with Gasteiger partial charge in [0.05, 0.1) is 0 Å². The van der Waals surface area contributed by atoms with Crippen LogP contribution in [0.3, 0.4) is 0 Å². The van der Waals surface area contributed by atoms with Gasteiger partial charge >= 0.3 is 0 Å². The second-order valence-electron chi connectivity index (χ2n) is 4.45. The molecule has 0 saturated heterocycles. The molecule has 0 spiro atoms. The number of nitrogens with two attached hydrogens (primary N) is 1. The lowest BCUT2D eigenvalue weighted by atomic mass is 10.1. The number of anilines is 1. The fourth-order valence-electron chi connectivity index (χ4n) is 1.77. The van der Waals surface area contributed by atoms with Crippen LogP contribution in [-0.2, 0) is 4.79 Å². The Kier molecular flexibility index (Phi) is 5.85. The number of nitrogens with zero attached hydrogens (tertiary/aromatic N) is 2. The number of benzene rings is 1. The molecule has 5 nitrogen and oxygen atoms in total. The van der Waals surface area contributed by atoms with Gasteiger partial charge in [0.15, 0.2) is 5.84 Å². The van der Waals surface area contributed by atoms with Crippen molar-refractivity contribution in [3.8, 4) is 0 Å². The van der Waals surface area contributed by atoms with Crippen LogP contribution in [0.1, 0.15) is 38.2 Å². The molecule has 1 aromatic carbocycles. The number of unbranched alkanes of at least 4 members (excludes halogenated alkanes) is 2. The topological polar surface area (TPSA) is 78.9 Å². The summed E-state index contributed by atoms with van der Waals surface area (Å²) in [5.41, 5.74) is 6.87. The van der Waals surface area contributed by atoms with E-state index in [-0.39, 0.29) is 11.7 Å². The molecule has 0 saturated carbocycles. The second kappa shape index (κ2) is 7.41. The van der Waals surface area contributed by atoms with E-state index in [2.05, 4.69) is 12.1 Å². The van der Waals surface area contributed by atoms with E-state index >= 15 is 0 Å². The van der Waals surface area contributed by atoms with Gasteiger partial charge in [0, 0.05) is 24.7 Å². The van der Waals surface area contributed by atoms with Gasteiger partial charge in [-0.3, -0.25) is 4.79 Å². The van der Waals surface area contributed by atoms with E-state index in [0.717, 1.165) is 24.9 Å². The molecule has 0 radical (unpaired) electrons. The molecule has 1 rings (SSSR count). The van der Waals surface area contributed by atoms with Crippen molar-refractivity contribution in [2.75, 3.05) is 11.9 Å². The van der Waals surface area contributed by atoms with E-state index in [0.29, 0.717) is 12.0 Å². The molecule has 0 atom stereocenters. The van der Waals surface area contributed by atoms with Crippen LogP contribution in [0.15, 0.2) is 29.4 Å². The number of carbonyl (C=O) groups is 1. The third-order valence-corrected chi connectivity index (χ3v) is 3.01. The summed E-state index contributed by atoms with van der Waals surface area (Å²) in [4.78, 5) is 13.6. The molecular weight excluding hydrogens is 242 g/mol. The molecule has 0 fully saturated rings. The zero-order chi connectivity index (χ0) is 14.3. The molecule has 0 heterocycles. The molecule has 0 aliphatic carbocycles. The van der Waals surface area contributed by atoms with Gasteiger partial charge in [0.1, 0.15) is 0 Å². The van der Waals surface area contributed by atoms with Crippen LogP contribution in [-0.4, -0.2) is 24.0 Å². The smallest absolute Gasteiger partial charge is 0.226 e. The minimum Gasteiger partial charge on any atom is -0.409 e. The molecular formula is C14H21N3O2. The lowest BCUT2D eigenvalue weighted by Gasteiger charge is -2.18. The fourth-order valence-corrected chi connectivity index (χ4v) is 1.77. The summed E-state index contributed by atoms with van der Waals surface area (Å²) in [5.74, 6) is 0.110. The average molecular weight is 263 g/mol. The van der Waals surface area contributed by atoms with Gasteiger partial charge in [-0.05, 0) is 18.6 Å². The lowest BCUT2D eigenvalue weighted by molar-refractivity contribution is -0.118. The van der Waals surface area contributed by atoms with Crippen molar-refractivity contribution in [3.05, 3.63) is 29.8 Å². The van der Waals surface area contributed by atoms with Crippen molar-refractivity contribution in [2.24, 2.45) is 10.9 Å². The second-order valence-corrected chi connectivity index (χ2v) is 4.45. The lowest BCUT2D eigenvalue weighted by Crippen LogP contribution is -2.26. The zero-order valence-electron chi connectivity index (χ0n) is 11.5. The molecule has 104 valence electrons. The molecule has 1 aromatic rings. The van der Waals surface area contributed by atoms with Crippen molar-refractivity contribution in [1.29, 1.82) is 0 Å². The highest BCUT2D eigenvalue weighted by Crippen LogP contribution is 2.16. The van der Waals surface area contributed by atoms with E-state index in [9.17, 15) is 4.79 Å². The fraction of sp³-hybridized carbons (Fsp3) is 0.429. The van der Waals surface area contributed by atoms with Crippen LogP contribution >= 0.6 is 0 Å². The zero-order valence-corrected chi connectivity index (χ0v) is 11.5. The van der Waals surface area contributed by atoms with Gasteiger partial charge in [-0.2, -0.15) is 0 Å². The van der Waals surface area contributed by atoms with E-state index in [1.807, 2.05) is 6.07 Å². The van der Waals surface area contributed by atoms with E-state index < -0.39 is 0 Å². The first-order valence-electron chi connectivity index (χ1n) is 6.44. The summed E-state index contributed by atoms with van der Waals surface area (Å²) in [6, 6.07) is 7.06. The summed E-state index contributed by atoms with van der Waals surface area (Å²) < 4.78 is 0. The van der Waals surface area contributed by atoms with Crippen molar-refractivity contribution < 1.29 is 10.0 Å². The summed E-state index contributed by atoms with van der Waals surface area (Å²) in [5, 5.41) is 11.6. The van der Waals surface area contributed by atoms with Crippen molar-refractivity contribution in [2.45, 2.75) is 32.6 Å². The van der Waals surface area contributed by atoms with Crippen LogP contribution in [0, 0.1) is 0 Å². The van der Waals surface area contributed by atoms with Crippen LogP contribution < -0.4 is 10.6 Å². The highest BCUT2D eigenvalue weighted by Gasteiger charge is 2.11. The van der Waals surface area contributed by atoms with Gasteiger partial charge in [-0.1, -0.05) is 37.1 Å². The SMILES string of the molecule is CCCCCC(=O)N(C)c1cccc(C(N)=NO)c1. The Morgan fingerprint density at radius 3 is 2.79 bits per heavy atom. The van der Waals surface area contributed by atoms with Crippen LogP contribution in [0.25, 0.3) is 0 Å². The average Bonchev–Trinajstić information content (AvgIpc) is 2.45. The molecule has 0 bridgehead atoms. The maximum atomic E-state index is 12.0. The Morgan fingerprint density at radius 1 is 1.42 bits per heavy atom. The number of hydrogen-bond acceptors (Lipinski definition) is 3. The van der Waals surface area contributed by atoms with Crippen LogP contribution in [0.5, 0.6) is 0 Å². The van der Waals surface area contributed by atoms with Gasteiger partial charge in [0.25, 0.3) is 0 Å². The van der Waals surface area contributed by atoms with Crippen LogP contribution in [0.2, 0.25) is 0 Å². The number of hydrogen-bond donors (Lipinski definition) is 2. The number of amidine groups is 1. The highest BCUT2D eigenvalue weighted by molar-refractivity contribution is 5.99. The number of rotatable bonds is 6. The maximum absolute atomic E-state index is 12.0. The van der Waals surface area contributed by atoms with Gasteiger partial charge in [-0.25, -0.2) is 0 Å². The minimum atomic E-state index is 0.0358. The monoisotopic (exact) mass is 263 g/mol. The normalized spacial score (nSPS) is 11.4. The Labute approximate surface area is 113 Å². The maximum Gasteiger partial charge on any atom is 0.226 e. The number of amides is 1. The molecule has 0 aliphatic rings. The number of oxime groups is 1. The Hall–Kier alpha value is -2.04. The van der Waals surface area contributed by atoms with Gasteiger partial charge in [0.2, 0.25) is 5.91 Å². The molecule has 1 amide bonds. The minimum absolute atomic E-state index is 0.0358. The van der Waals surface area contributed by atoms with E-state index in [4.69, 9.17) is 10.9 Å². The summed E-state index contributed by atoms with van der Waals surface area (Å²) in [7, 11) is 1.74. The first-order valence-corrected chi connectivity index (χ1v) is 6.44. The van der Waals surface area contributed by atoms with Crippen molar-refractivity contribution in [1.82, 2.24) is 0 Å². The van der Waals surface area contributed by atoms with E-state index in [1.165, 1.54) is 0 Å².